The summed E-state index contributed by atoms with van der Waals surface area (Å²) in [5, 5.41) is 5.60. The molecule has 0 atom stereocenters. The summed E-state index contributed by atoms with van der Waals surface area (Å²) in [5.41, 5.74) is 4.52. The van der Waals surface area contributed by atoms with E-state index in [1.54, 1.807) is 5.57 Å². The van der Waals surface area contributed by atoms with E-state index in [9.17, 15) is 0 Å². The van der Waals surface area contributed by atoms with E-state index < -0.39 is 0 Å². The molecule has 0 heteroatoms. The van der Waals surface area contributed by atoms with Gasteiger partial charge >= 0.3 is 0 Å². The monoisotopic (exact) mass is 244 g/mol. The lowest BCUT2D eigenvalue weighted by atomic mass is 9.93. The van der Waals surface area contributed by atoms with E-state index in [1.165, 1.54) is 32.7 Å². The Labute approximate surface area is 113 Å². The van der Waals surface area contributed by atoms with Crippen LogP contribution < -0.4 is 0 Å². The van der Waals surface area contributed by atoms with E-state index in [0.29, 0.717) is 0 Å². The zero-order chi connectivity index (χ0) is 12.8. The van der Waals surface area contributed by atoms with Crippen LogP contribution in [0.4, 0.5) is 0 Å². The van der Waals surface area contributed by atoms with Gasteiger partial charge in [-0.05, 0) is 45.5 Å². The van der Waals surface area contributed by atoms with Gasteiger partial charge in [-0.25, -0.2) is 0 Å². The molecular weight excluding hydrogens is 228 g/mol. The third-order valence-corrected chi connectivity index (χ3v) is 4.29. The quantitative estimate of drug-likeness (QED) is 0.507. The molecule has 1 aliphatic rings. The van der Waals surface area contributed by atoms with Gasteiger partial charge in [-0.1, -0.05) is 67.1 Å². The molecule has 92 valence electrons. The number of hydrogen-bond donors (Lipinski definition) is 0. The molecule has 0 saturated carbocycles. The molecule has 0 fully saturated rings. The minimum Gasteiger partial charge on any atom is -0.0654 e. The summed E-state index contributed by atoms with van der Waals surface area (Å²) in [7, 11) is 0. The van der Waals surface area contributed by atoms with Crippen molar-refractivity contribution < 1.29 is 0 Å². The van der Waals surface area contributed by atoms with Crippen molar-refractivity contribution in [3.8, 4) is 0 Å². The number of rotatable bonds is 1. The lowest BCUT2D eigenvalue weighted by Crippen LogP contribution is -1.89. The van der Waals surface area contributed by atoms with Gasteiger partial charge in [0.25, 0.3) is 0 Å². The van der Waals surface area contributed by atoms with Crippen molar-refractivity contribution in [1.29, 1.82) is 0 Å². The van der Waals surface area contributed by atoms with Gasteiger partial charge in [0, 0.05) is 0 Å². The van der Waals surface area contributed by atoms with Gasteiger partial charge in [0.15, 0.2) is 0 Å². The predicted molar refractivity (Wildman–Crippen MR) is 83.4 cm³/mol. The van der Waals surface area contributed by atoms with Gasteiger partial charge in [0.2, 0.25) is 0 Å². The van der Waals surface area contributed by atoms with Crippen LogP contribution in [0.2, 0.25) is 0 Å². The van der Waals surface area contributed by atoms with Gasteiger partial charge in [-0.2, -0.15) is 0 Å². The van der Waals surface area contributed by atoms with E-state index in [0.717, 1.165) is 12.8 Å². The van der Waals surface area contributed by atoms with E-state index in [2.05, 4.69) is 61.5 Å². The van der Waals surface area contributed by atoms with Gasteiger partial charge in [0.1, 0.15) is 0 Å². The molecule has 4 rings (SSSR count). The number of fused-ring (bicyclic) bond motifs is 6. The van der Waals surface area contributed by atoms with E-state index in [-0.39, 0.29) is 0 Å². The minimum absolute atomic E-state index is 1.12. The molecule has 0 spiro atoms. The molecule has 19 heavy (non-hydrogen) atoms. The highest BCUT2D eigenvalue weighted by atomic mass is 14.2. The third-order valence-electron chi connectivity index (χ3n) is 4.29. The molecule has 0 radical (unpaired) electrons. The zero-order valence-corrected chi connectivity index (χ0v) is 11.1. The fourth-order valence-corrected chi connectivity index (χ4v) is 3.31. The normalized spacial score (nSPS) is 13.8. The van der Waals surface area contributed by atoms with Crippen LogP contribution >= 0.6 is 0 Å². The van der Waals surface area contributed by atoms with Crippen molar-refractivity contribution in [2.45, 2.75) is 19.8 Å². The topological polar surface area (TPSA) is 0 Å². The van der Waals surface area contributed by atoms with Crippen LogP contribution in [0.1, 0.15) is 24.5 Å². The lowest BCUT2D eigenvalue weighted by Gasteiger charge is -2.11. The highest BCUT2D eigenvalue weighted by Gasteiger charge is 2.18. The second-order valence-electron chi connectivity index (χ2n) is 5.32. The van der Waals surface area contributed by atoms with Gasteiger partial charge in [0.05, 0.1) is 0 Å². The highest BCUT2D eigenvalue weighted by molar-refractivity contribution is 6.13. The standard InChI is InChI=1S/C19H16/c1-2-13-11-18-16-9-5-3-7-14(16)15-8-4-6-10-17(15)19(18)12-13/h3-11H,2,12H2,1H3. The van der Waals surface area contributed by atoms with Crippen molar-refractivity contribution in [3.63, 3.8) is 0 Å². The summed E-state index contributed by atoms with van der Waals surface area (Å²) < 4.78 is 0. The third kappa shape index (κ3) is 1.46. The Balaban J connectivity index is 2.23. The Kier molecular flexibility index (Phi) is 2.25. The summed E-state index contributed by atoms with van der Waals surface area (Å²) in [5.74, 6) is 0. The SMILES string of the molecule is CCC1=Cc2c(c3ccccc3c3ccccc23)C1. The molecule has 0 bridgehead atoms. The molecule has 0 amide bonds. The molecule has 0 unspecified atom stereocenters. The first kappa shape index (κ1) is 10.8. The fourth-order valence-electron chi connectivity index (χ4n) is 3.31. The molecule has 0 aliphatic heterocycles. The van der Waals surface area contributed by atoms with Crippen LogP contribution in [0.25, 0.3) is 27.6 Å². The minimum atomic E-state index is 1.12. The van der Waals surface area contributed by atoms with Gasteiger partial charge in [-0.15, -0.1) is 0 Å². The number of benzene rings is 3. The first-order valence-corrected chi connectivity index (χ1v) is 7.00. The second-order valence-corrected chi connectivity index (χ2v) is 5.32. The second kappa shape index (κ2) is 3.96. The largest absolute Gasteiger partial charge is 0.0654 e. The number of allylic oxidation sites excluding steroid dienone is 1. The van der Waals surface area contributed by atoms with Crippen molar-refractivity contribution in [2.75, 3.05) is 0 Å². The van der Waals surface area contributed by atoms with Gasteiger partial charge in [-0.3, -0.25) is 0 Å². The van der Waals surface area contributed by atoms with Crippen LogP contribution in [-0.2, 0) is 6.42 Å². The zero-order valence-electron chi connectivity index (χ0n) is 11.1. The van der Waals surface area contributed by atoms with E-state index in [1.807, 2.05) is 0 Å². The molecule has 0 N–H and O–H groups in total. The summed E-state index contributed by atoms with van der Waals surface area (Å²) in [6.07, 6.45) is 4.68. The average molecular weight is 244 g/mol. The Bertz CT molecular complexity index is 822. The van der Waals surface area contributed by atoms with Crippen molar-refractivity contribution in [3.05, 3.63) is 65.2 Å². The maximum Gasteiger partial charge on any atom is -0.00515 e. The van der Waals surface area contributed by atoms with Crippen LogP contribution in [0, 0.1) is 0 Å². The lowest BCUT2D eigenvalue weighted by molar-refractivity contribution is 1.04. The summed E-state index contributed by atoms with van der Waals surface area (Å²) in [6, 6.07) is 17.6. The maximum absolute atomic E-state index is 2.41. The Morgan fingerprint density at radius 3 is 2.05 bits per heavy atom. The van der Waals surface area contributed by atoms with E-state index in [4.69, 9.17) is 0 Å². The first-order valence-electron chi connectivity index (χ1n) is 7.00. The van der Waals surface area contributed by atoms with E-state index >= 15 is 0 Å². The Morgan fingerprint density at radius 2 is 1.37 bits per heavy atom. The van der Waals surface area contributed by atoms with Gasteiger partial charge < -0.3 is 0 Å². The molecule has 0 aromatic heterocycles. The van der Waals surface area contributed by atoms with Crippen LogP contribution in [0.5, 0.6) is 0 Å². The number of hydrogen-bond acceptors (Lipinski definition) is 0. The van der Waals surface area contributed by atoms with Crippen molar-refractivity contribution >= 4 is 27.6 Å². The predicted octanol–water partition coefficient (Wildman–Crippen LogP) is 5.34. The van der Waals surface area contributed by atoms with Crippen molar-refractivity contribution in [2.24, 2.45) is 0 Å². The first-order chi connectivity index (χ1) is 9.38. The Hall–Kier alpha value is -2.08. The molecule has 0 nitrogen and oxygen atoms in total. The molecule has 0 saturated heterocycles. The molecular formula is C19H16. The smallest absolute Gasteiger partial charge is 0.00515 e. The fraction of sp³-hybridized carbons (Fsp3) is 0.158. The summed E-state index contributed by atoms with van der Waals surface area (Å²) >= 11 is 0. The Morgan fingerprint density at radius 1 is 0.789 bits per heavy atom. The average Bonchev–Trinajstić information content (AvgIpc) is 2.92. The van der Waals surface area contributed by atoms with Crippen molar-refractivity contribution in [1.82, 2.24) is 0 Å². The maximum atomic E-state index is 2.41. The molecule has 0 heterocycles. The highest BCUT2D eigenvalue weighted by Crippen LogP contribution is 2.39. The molecule has 3 aromatic rings. The van der Waals surface area contributed by atoms with Crippen LogP contribution in [-0.4, -0.2) is 0 Å². The molecule has 3 aromatic carbocycles. The van der Waals surface area contributed by atoms with Crippen LogP contribution in [0.15, 0.2) is 54.1 Å². The summed E-state index contributed by atoms with van der Waals surface area (Å²) in [4.78, 5) is 0. The molecule has 1 aliphatic carbocycles. The van der Waals surface area contributed by atoms with Crippen LogP contribution in [0.3, 0.4) is 0 Å². The summed E-state index contributed by atoms with van der Waals surface area (Å²) in [6.45, 7) is 2.25.